The molecule has 0 amide bonds. The minimum Gasteiger partial charge on any atom is -0.508 e. The summed E-state index contributed by atoms with van der Waals surface area (Å²) >= 11 is 0. The van der Waals surface area contributed by atoms with E-state index in [2.05, 4.69) is 0 Å². The maximum Gasteiger partial charge on any atom is 0.647 e. The summed E-state index contributed by atoms with van der Waals surface area (Å²) in [6.07, 6.45) is 0. The van der Waals surface area contributed by atoms with E-state index in [1.54, 1.807) is 24.3 Å². The molecule has 3 aromatic rings. The van der Waals surface area contributed by atoms with Crippen molar-refractivity contribution in [3.05, 3.63) is 82.9 Å². The van der Waals surface area contributed by atoms with Crippen molar-refractivity contribution in [1.82, 2.24) is 0 Å². The molecule has 0 unspecified atom stereocenters. The highest BCUT2D eigenvalue weighted by atomic mass is 31.2. The Morgan fingerprint density at radius 2 is 1.25 bits per heavy atom. The van der Waals surface area contributed by atoms with Crippen molar-refractivity contribution < 1.29 is 23.2 Å². The molecule has 0 atom stereocenters. The van der Waals surface area contributed by atoms with Crippen molar-refractivity contribution in [2.24, 2.45) is 0 Å². The molecule has 28 heavy (non-hydrogen) atoms. The van der Waals surface area contributed by atoms with Gasteiger partial charge in [0.2, 0.25) is 0 Å². The molecule has 0 radical (unpaired) electrons. The minimum absolute atomic E-state index is 0.0120. The third-order valence-electron chi connectivity index (χ3n) is 4.12. The molecule has 3 rings (SSSR count). The van der Waals surface area contributed by atoms with E-state index in [1.807, 2.05) is 52.0 Å². The summed E-state index contributed by atoms with van der Waals surface area (Å²) in [5, 5.41) is 9.69. The number of rotatable bonds is 6. The number of hydrogen-bond acceptors (Lipinski definition) is 5. The van der Waals surface area contributed by atoms with Gasteiger partial charge in [-0.2, -0.15) is 4.57 Å². The zero-order valence-corrected chi connectivity index (χ0v) is 17.2. The fourth-order valence-electron chi connectivity index (χ4n) is 2.77. The highest BCUT2D eigenvalue weighted by Gasteiger charge is 2.34. The predicted molar refractivity (Wildman–Crippen MR) is 109 cm³/mol. The van der Waals surface area contributed by atoms with Crippen LogP contribution in [0, 0.1) is 27.7 Å². The van der Waals surface area contributed by atoms with E-state index in [4.69, 9.17) is 13.6 Å². The summed E-state index contributed by atoms with van der Waals surface area (Å²) in [6.45, 7) is 7.65. The lowest BCUT2D eigenvalue weighted by atomic mass is 10.1. The van der Waals surface area contributed by atoms with Crippen LogP contribution in [0.4, 0.5) is 0 Å². The molecule has 0 aliphatic heterocycles. The number of phenolic OH excluding ortho intramolecular Hbond substituents is 1. The first kappa shape index (κ1) is 19.8. The Kier molecular flexibility index (Phi) is 5.66. The van der Waals surface area contributed by atoms with Crippen LogP contribution in [0.2, 0.25) is 0 Å². The molecule has 1 N–H and O–H groups in total. The van der Waals surface area contributed by atoms with Crippen LogP contribution in [0.1, 0.15) is 22.3 Å². The molecule has 0 bridgehead atoms. The second-order valence-corrected chi connectivity index (χ2v) is 8.20. The number of phenols is 1. The van der Waals surface area contributed by atoms with Crippen LogP contribution < -0.4 is 13.6 Å². The molecular weight excluding hydrogens is 375 g/mol. The molecule has 0 fully saturated rings. The Hall–Kier alpha value is -2.91. The normalized spacial score (nSPS) is 11.1. The number of phosphoric ester groups is 1. The molecule has 146 valence electrons. The van der Waals surface area contributed by atoms with Crippen molar-refractivity contribution in [3.8, 4) is 23.0 Å². The molecule has 3 aromatic carbocycles. The summed E-state index contributed by atoms with van der Waals surface area (Å²) in [7, 11) is -4.10. The lowest BCUT2D eigenvalue weighted by molar-refractivity contribution is 0.296. The number of phosphoric acid groups is 1. The van der Waals surface area contributed by atoms with Gasteiger partial charge >= 0.3 is 7.82 Å². The maximum atomic E-state index is 13.6. The molecule has 0 saturated carbocycles. The number of aromatic hydroxyl groups is 1. The van der Waals surface area contributed by atoms with E-state index in [1.165, 1.54) is 12.1 Å². The highest BCUT2D eigenvalue weighted by molar-refractivity contribution is 7.49. The zero-order valence-electron chi connectivity index (χ0n) is 16.3. The van der Waals surface area contributed by atoms with Gasteiger partial charge in [0.05, 0.1) is 0 Å². The van der Waals surface area contributed by atoms with E-state index in [0.29, 0.717) is 11.5 Å². The van der Waals surface area contributed by atoms with Crippen LogP contribution in [0.3, 0.4) is 0 Å². The monoisotopic (exact) mass is 398 g/mol. The molecule has 0 aliphatic carbocycles. The number of aryl methyl sites for hydroxylation is 4. The Balaban J connectivity index is 1.97. The first-order valence-electron chi connectivity index (χ1n) is 8.86. The van der Waals surface area contributed by atoms with E-state index >= 15 is 0 Å². The first-order valence-corrected chi connectivity index (χ1v) is 10.3. The number of hydrogen-bond donors (Lipinski definition) is 1. The van der Waals surface area contributed by atoms with Gasteiger partial charge in [-0.3, -0.25) is 0 Å². The van der Waals surface area contributed by atoms with Crippen molar-refractivity contribution in [1.29, 1.82) is 0 Å². The topological polar surface area (TPSA) is 65.0 Å². The molecule has 0 spiro atoms. The Morgan fingerprint density at radius 1 is 0.714 bits per heavy atom. The summed E-state index contributed by atoms with van der Waals surface area (Å²) in [6, 6.07) is 17.0. The summed E-state index contributed by atoms with van der Waals surface area (Å²) in [5.74, 6) is 0.970. The van der Waals surface area contributed by atoms with Gasteiger partial charge in [0.1, 0.15) is 23.0 Å². The second-order valence-electron chi connectivity index (χ2n) is 6.76. The number of benzene rings is 3. The quantitative estimate of drug-likeness (QED) is 0.496. The average Bonchev–Trinajstić information content (AvgIpc) is 2.60. The summed E-state index contributed by atoms with van der Waals surface area (Å²) in [5.41, 5.74) is 3.74. The lowest BCUT2D eigenvalue weighted by Crippen LogP contribution is -2.09. The minimum atomic E-state index is -4.10. The van der Waals surface area contributed by atoms with Crippen LogP contribution in [-0.2, 0) is 4.57 Å². The largest absolute Gasteiger partial charge is 0.647 e. The molecule has 0 saturated heterocycles. The summed E-state index contributed by atoms with van der Waals surface area (Å²) in [4.78, 5) is 0. The van der Waals surface area contributed by atoms with E-state index in [-0.39, 0.29) is 11.5 Å². The van der Waals surface area contributed by atoms with Crippen LogP contribution in [0.25, 0.3) is 0 Å². The van der Waals surface area contributed by atoms with Crippen molar-refractivity contribution >= 4 is 7.82 Å². The van der Waals surface area contributed by atoms with Gasteiger partial charge in [0, 0.05) is 6.07 Å². The van der Waals surface area contributed by atoms with Gasteiger partial charge in [-0.25, -0.2) is 0 Å². The van der Waals surface area contributed by atoms with E-state index < -0.39 is 7.82 Å². The van der Waals surface area contributed by atoms with Crippen LogP contribution in [0.5, 0.6) is 23.0 Å². The van der Waals surface area contributed by atoms with E-state index in [9.17, 15) is 9.67 Å². The molecule has 0 aromatic heterocycles. The van der Waals surface area contributed by atoms with Crippen LogP contribution >= 0.6 is 7.82 Å². The zero-order chi connectivity index (χ0) is 20.3. The van der Waals surface area contributed by atoms with Gasteiger partial charge in [-0.05, 0) is 63.1 Å². The molecular formula is C22H23O5P. The van der Waals surface area contributed by atoms with Gasteiger partial charge in [0.25, 0.3) is 0 Å². The van der Waals surface area contributed by atoms with Crippen molar-refractivity contribution in [2.75, 3.05) is 0 Å². The SMILES string of the molecule is Cc1ccc(OP(=O)(Oc2cccc(O)c2)Oc2ccc(C)cc2C)c(C)c1. The lowest BCUT2D eigenvalue weighted by Gasteiger charge is -2.21. The molecule has 5 nitrogen and oxygen atoms in total. The third kappa shape index (κ3) is 4.87. The van der Waals surface area contributed by atoms with E-state index in [0.717, 1.165) is 22.3 Å². The highest BCUT2D eigenvalue weighted by Crippen LogP contribution is 2.51. The fraction of sp³-hybridized carbons (Fsp3) is 0.182. The Morgan fingerprint density at radius 3 is 1.71 bits per heavy atom. The van der Waals surface area contributed by atoms with Crippen molar-refractivity contribution in [3.63, 3.8) is 0 Å². The maximum absolute atomic E-state index is 13.6. The third-order valence-corrected chi connectivity index (χ3v) is 5.39. The molecule has 0 aliphatic rings. The fourth-order valence-corrected chi connectivity index (χ4v) is 4.14. The van der Waals surface area contributed by atoms with Gasteiger partial charge in [-0.15, -0.1) is 0 Å². The Labute approximate surface area is 165 Å². The van der Waals surface area contributed by atoms with Crippen molar-refractivity contribution in [2.45, 2.75) is 27.7 Å². The second kappa shape index (κ2) is 7.99. The molecule has 6 heteroatoms. The molecule has 0 heterocycles. The summed E-state index contributed by atoms with van der Waals surface area (Å²) < 4.78 is 30.7. The standard InChI is InChI=1S/C22H23O5P/c1-15-8-10-21(17(3)12-15)26-28(24,25-20-7-5-6-19(23)14-20)27-22-11-9-16(2)13-18(22)4/h5-14,23H,1-4H3. The van der Waals surface area contributed by atoms with Crippen LogP contribution in [0.15, 0.2) is 60.7 Å². The van der Waals surface area contributed by atoms with Gasteiger partial charge in [-0.1, -0.05) is 41.5 Å². The van der Waals surface area contributed by atoms with Gasteiger partial charge in [0.15, 0.2) is 0 Å². The smallest absolute Gasteiger partial charge is 0.508 e. The predicted octanol–water partition coefficient (Wildman–Crippen LogP) is 6.27. The van der Waals surface area contributed by atoms with Crippen LogP contribution in [-0.4, -0.2) is 5.11 Å². The van der Waals surface area contributed by atoms with Gasteiger partial charge < -0.3 is 18.7 Å². The Bertz CT molecular complexity index is 987. The first-order chi connectivity index (χ1) is 13.2. The average molecular weight is 398 g/mol.